The van der Waals surface area contributed by atoms with Gasteiger partial charge in [0.05, 0.1) is 4.92 Å². The Morgan fingerprint density at radius 2 is 1.96 bits per heavy atom. The average Bonchev–Trinajstić information content (AvgIpc) is 2.90. The van der Waals surface area contributed by atoms with Crippen LogP contribution in [0.25, 0.3) is 0 Å². The van der Waals surface area contributed by atoms with Crippen LogP contribution in [0.3, 0.4) is 0 Å². The SMILES string of the molecule is CN(C(=O)COc1ccccc1[N+](=O)[O-])C1CC2CCC(C1)N2.Cl. The Labute approximate surface area is 146 Å². The van der Waals surface area contributed by atoms with Crippen LogP contribution in [0.5, 0.6) is 5.75 Å². The molecule has 2 aliphatic rings. The molecule has 132 valence electrons. The van der Waals surface area contributed by atoms with Crippen molar-refractivity contribution in [1.82, 2.24) is 10.2 Å². The number of para-hydroxylation sites is 2. The van der Waals surface area contributed by atoms with E-state index in [4.69, 9.17) is 4.74 Å². The first-order chi connectivity index (χ1) is 11.0. The number of ether oxygens (including phenoxy) is 1. The number of benzene rings is 1. The number of hydrogen-bond acceptors (Lipinski definition) is 5. The maximum Gasteiger partial charge on any atom is 0.310 e. The third-order valence-corrected chi connectivity index (χ3v) is 4.80. The van der Waals surface area contributed by atoms with Crippen molar-refractivity contribution in [2.45, 2.75) is 43.8 Å². The first-order valence-electron chi connectivity index (χ1n) is 7.92. The van der Waals surface area contributed by atoms with E-state index in [2.05, 4.69) is 5.32 Å². The molecule has 0 aliphatic carbocycles. The van der Waals surface area contributed by atoms with Crippen LogP contribution < -0.4 is 10.1 Å². The minimum Gasteiger partial charge on any atom is -0.477 e. The van der Waals surface area contributed by atoms with Gasteiger partial charge in [-0.25, -0.2) is 0 Å². The molecule has 3 rings (SSSR count). The monoisotopic (exact) mass is 355 g/mol. The van der Waals surface area contributed by atoms with Crippen LogP contribution in [0.1, 0.15) is 25.7 Å². The minimum atomic E-state index is -0.506. The zero-order chi connectivity index (χ0) is 16.4. The van der Waals surface area contributed by atoms with Crippen molar-refractivity contribution in [3.8, 4) is 5.75 Å². The number of piperidine rings is 1. The van der Waals surface area contributed by atoms with Crippen molar-refractivity contribution < 1.29 is 14.5 Å². The molecular weight excluding hydrogens is 334 g/mol. The first kappa shape index (κ1) is 18.5. The number of nitrogens with one attached hydrogen (secondary N) is 1. The molecule has 1 aromatic carbocycles. The summed E-state index contributed by atoms with van der Waals surface area (Å²) in [7, 11) is 1.79. The lowest BCUT2D eigenvalue weighted by atomic mass is 9.98. The van der Waals surface area contributed by atoms with Gasteiger partial charge in [-0.2, -0.15) is 0 Å². The number of nitrogens with zero attached hydrogens (tertiary/aromatic N) is 2. The highest BCUT2D eigenvalue weighted by Gasteiger charge is 2.36. The Morgan fingerprint density at radius 3 is 2.58 bits per heavy atom. The summed E-state index contributed by atoms with van der Waals surface area (Å²) in [5.41, 5.74) is -0.122. The van der Waals surface area contributed by atoms with E-state index in [0.717, 1.165) is 12.8 Å². The number of fused-ring (bicyclic) bond motifs is 2. The highest BCUT2D eigenvalue weighted by Crippen LogP contribution is 2.30. The molecule has 2 bridgehead atoms. The molecule has 2 fully saturated rings. The molecule has 1 aromatic rings. The number of nitro groups is 1. The molecule has 2 aliphatic heterocycles. The lowest BCUT2D eigenvalue weighted by Crippen LogP contribution is -2.49. The summed E-state index contributed by atoms with van der Waals surface area (Å²) in [6.45, 7) is -0.180. The van der Waals surface area contributed by atoms with Gasteiger partial charge in [0.2, 0.25) is 0 Å². The summed E-state index contributed by atoms with van der Waals surface area (Å²) in [6, 6.07) is 7.33. The van der Waals surface area contributed by atoms with Gasteiger partial charge in [0.15, 0.2) is 12.4 Å². The van der Waals surface area contributed by atoms with E-state index in [9.17, 15) is 14.9 Å². The number of amides is 1. The first-order valence-corrected chi connectivity index (χ1v) is 7.92. The molecule has 8 heteroatoms. The molecule has 0 radical (unpaired) electrons. The number of carbonyl (C=O) groups is 1. The molecule has 0 spiro atoms. The third kappa shape index (κ3) is 3.96. The van der Waals surface area contributed by atoms with Gasteiger partial charge < -0.3 is 15.0 Å². The highest BCUT2D eigenvalue weighted by atomic mass is 35.5. The molecule has 0 saturated carbocycles. The number of hydrogen-bond donors (Lipinski definition) is 1. The maximum atomic E-state index is 12.3. The van der Waals surface area contributed by atoms with E-state index in [1.165, 1.54) is 25.0 Å². The van der Waals surface area contributed by atoms with E-state index < -0.39 is 4.92 Å². The molecule has 2 unspecified atom stereocenters. The van der Waals surface area contributed by atoms with Gasteiger partial charge in [-0.15, -0.1) is 12.4 Å². The Kier molecular flexibility index (Phi) is 6.01. The van der Waals surface area contributed by atoms with E-state index >= 15 is 0 Å². The highest BCUT2D eigenvalue weighted by molar-refractivity contribution is 5.85. The number of carbonyl (C=O) groups excluding carboxylic acids is 1. The fourth-order valence-corrected chi connectivity index (χ4v) is 3.52. The quantitative estimate of drug-likeness (QED) is 0.646. The van der Waals surface area contributed by atoms with Crippen LogP contribution in [0, 0.1) is 10.1 Å². The second-order valence-corrected chi connectivity index (χ2v) is 6.28. The smallest absolute Gasteiger partial charge is 0.310 e. The van der Waals surface area contributed by atoms with Gasteiger partial charge in [-0.3, -0.25) is 14.9 Å². The van der Waals surface area contributed by atoms with Crippen molar-refractivity contribution in [2.24, 2.45) is 0 Å². The normalized spacial score (nSPS) is 24.8. The summed E-state index contributed by atoms with van der Waals surface area (Å²) in [6.07, 6.45) is 4.28. The number of halogens is 1. The topological polar surface area (TPSA) is 84.7 Å². The molecule has 2 heterocycles. The fourth-order valence-electron chi connectivity index (χ4n) is 3.52. The van der Waals surface area contributed by atoms with Gasteiger partial charge in [-0.05, 0) is 31.7 Å². The summed E-state index contributed by atoms with van der Waals surface area (Å²) in [5, 5.41) is 14.5. The Morgan fingerprint density at radius 1 is 1.33 bits per heavy atom. The maximum absolute atomic E-state index is 12.3. The van der Waals surface area contributed by atoms with Crippen molar-refractivity contribution in [2.75, 3.05) is 13.7 Å². The summed E-state index contributed by atoms with van der Waals surface area (Å²) < 4.78 is 5.39. The molecule has 2 atom stereocenters. The molecule has 24 heavy (non-hydrogen) atoms. The summed E-state index contributed by atoms with van der Waals surface area (Å²) in [4.78, 5) is 24.5. The molecule has 1 amide bonds. The van der Waals surface area contributed by atoms with Gasteiger partial charge >= 0.3 is 5.69 Å². The summed E-state index contributed by atoms with van der Waals surface area (Å²) in [5.74, 6) is -0.0147. The van der Waals surface area contributed by atoms with Crippen LogP contribution in [0.15, 0.2) is 24.3 Å². The van der Waals surface area contributed by atoms with E-state index in [0.29, 0.717) is 12.1 Å². The van der Waals surface area contributed by atoms with Crippen LogP contribution in [-0.2, 0) is 4.79 Å². The average molecular weight is 356 g/mol. The van der Waals surface area contributed by atoms with Crippen molar-refractivity contribution in [3.05, 3.63) is 34.4 Å². The van der Waals surface area contributed by atoms with Gasteiger partial charge in [-0.1, -0.05) is 12.1 Å². The molecular formula is C16H22ClN3O4. The van der Waals surface area contributed by atoms with Crippen molar-refractivity contribution >= 4 is 24.0 Å². The lowest BCUT2D eigenvalue weighted by molar-refractivity contribution is -0.385. The Balaban J connectivity index is 0.00000208. The van der Waals surface area contributed by atoms with E-state index in [1.807, 2.05) is 0 Å². The van der Waals surface area contributed by atoms with Crippen LogP contribution in [-0.4, -0.2) is 47.5 Å². The standard InChI is InChI=1S/C16H21N3O4.ClH/c1-18(13-8-11-6-7-12(9-13)17-11)16(20)10-23-15-5-3-2-4-14(15)19(21)22;/h2-5,11-13,17H,6-10H2,1H3;1H. The third-order valence-electron chi connectivity index (χ3n) is 4.80. The second kappa shape index (κ2) is 7.81. The van der Waals surface area contributed by atoms with Crippen LogP contribution >= 0.6 is 12.4 Å². The minimum absolute atomic E-state index is 0. The van der Waals surface area contributed by atoms with Gasteiger partial charge in [0.25, 0.3) is 5.91 Å². The predicted molar refractivity (Wildman–Crippen MR) is 91.6 cm³/mol. The Bertz CT molecular complexity index is 601. The van der Waals surface area contributed by atoms with Gasteiger partial charge in [0.1, 0.15) is 0 Å². The van der Waals surface area contributed by atoms with Crippen LogP contribution in [0.2, 0.25) is 0 Å². The predicted octanol–water partition coefficient (Wildman–Crippen LogP) is 2.14. The Hall–Kier alpha value is -1.86. The van der Waals surface area contributed by atoms with E-state index in [-0.39, 0.29) is 42.4 Å². The number of rotatable bonds is 5. The lowest BCUT2D eigenvalue weighted by Gasteiger charge is -2.35. The second-order valence-electron chi connectivity index (χ2n) is 6.28. The molecule has 7 nitrogen and oxygen atoms in total. The zero-order valence-electron chi connectivity index (χ0n) is 13.5. The molecule has 0 aromatic heterocycles. The summed E-state index contributed by atoms with van der Waals surface area (Å²) >= 11 is 0. The molecule has 2 saturated heterocycles. The zero-order valence-corrected chi connectivity index (χ0v) is 14.3. The number of likely N-dealkylation sites (N-methyl/N-ethyl adjacent to an activating group) is 1. The van der Waals surface area contributed by atoms with Crippen molar-refractivity contribution in [3.63, 3.8) is 0 Å². The van der Waals surface area contributed by atoms with E-state index in [1.54, 1.807) is 24.1 Å². The van der Waals surface area contributed by atoms with Crippen molar-refractivity contribution in [1.29, 1.82) is 0 Å². The number of nitro benzene ring substituents is 1. The molecule has 1 N–H and O–H groups in total. The largest absolute Gasteiger partial charge is 0.477 e. The van der Waals surface area contributed by atoms with Crippen LogP contribution in [0.4, 0.5) is 5.69 Å². The fraction of sp³-hybridized carbons (Fsp3) is 0.562. The van der Waals surface area contributed by atoms with Gasteiger partial charge in [0, 0.05) is 31.2 Å².